The van der Waals surface area contributed by atoms with Crippen molar-refractivity contribution in [2.75, 3.05) is 30.5 Å². The molecule has 1 rings (SSSR count). The highest BCUT2D eigenvalue weighted by Gasteiger charge is 2.18. The second-order valence-electron chi connectivity index (χ2n) is 4.41. The summed E-state index contributed by atoms with van der Waals surface area (Å²) in [7, 11) is 1.98. The molecule has 0 saturated carbocycles. The Hall–Kier alpha value is -0.740. The van der Waals surface area contributed by atoms with E-state index in [1.807, 2.05) is 13.1 Å². The van der Waals surface area contributed by atoms with Gasteiger partial charge in [-0.2, -0.15) is 11.8 Å². The van der Waals surface area contributed by atoms with Crippen LogP contribution in [0, 0.1) is 5.82 Å². The number of nitrogens with zero attached hydrogens (tertiary/aromatic N) is 1. The van der Waals surface area contributed by atoms with E-state index in [0.717, 1.165) is 17.7 Å². The zero-order chi connectivity index (χ0) is 13.5. The predicted octanol–water partition coefficient (Wildman–Crippen LogP) is 2.90. The van der Waals surface area contributed by atoms with E-state index in [1.165, 1.54) is 6.07 Å². The maximum absolute atomic E-state index is 14.1. The van der Waals surface area contributed by atoms with E-state index >= 15 is 0 Å². The standard InChI is InChI=1S/C14H23FN2S/c1-4-12(10-18-3)17(2)14-11(8-9-16)6-5-7-13(14)15/h5-7,12H,4,8-10,16H2,1-3H3. The number of anilines is 1. The molecular formula is C14H23FN2S. The number of hydrogen-bond donors (Lipinski definition) is 1. The molecule has 1 atom stereocenters. The summed E-state index contributed by atoms with van der Waals surface area (Å²) in [4.78, 5) is 2.07. The van der Waals surface area contributed by atoms with E-state index < -0.39 is 0 Å². The Kier molecular flexibility index (Phi) is 6.50. The average molecular weight is 270 g/mol. The smallest absolute Gasteiger partial charge is 0.146 e. The molecule has 0 bridgehead atoms. The Labute approximate surface area is 114 Å². The molecular weight excluding hydrogens is 247 g/mol. The van der Waals surface area contributed by atoms with Gasteiger partial charge in [0, 0.05) is 18.8 Å². The maximum atomic E-state index is 14.1. The van der Waals surface area contributed by atoms with Crippen LogP contribution in [0.25, 0.3) is 0 Å². The van der Waals surface area contributed by atoms with Gasteiger partial charge in [-0.1, -0.05) is 19.1 Å². The van der Waals surface area contributed by atoms with Gasteiger partial charge in [0.15, 0.2) is 0 Å². The summed E-state index contributed by atoms with van der Waals surface area (Å²) >= 11 is 1.79. The molecule has 1 unspecified atom stereocenters. The van der Waals surface area contributed by atoms with Crippen LogP contribution in [0.15, 0.2) is 18.2 Å². The van der Waals surface area contributed by atoms with Gasteiger partial charge < -0.3 is 10.6 Å². The summed E-state index contributed by atoms with van der Waals surface area (Å²) in [5.41, 5.74) is 7.31. The summed E-state index contributed by atoms with van der Waals surface area (Å²) in [6, 6.07) is 5.60. The Balaban J connectivity index is 3.05. The van der Waals surface area contributed by atoms with Crippen molar-refractivity contribution in [3.05, 3.63) is 29.6 Å². The fraction of sp³-hybridized carbons (Fsp3) is 0.571. The summed E-state index contributed by atoms with van der Waals surface area (Å²) < 4.78 is 14.1. The molecule has 102 valence electrons. The van der Waals surface area contributed by atoms with Crippen molar-refractivity contribution < 1.29 is 4.39 Å². The monoisotopic (exact) mass is 270 g/mol. The zero-order valence-corrected chi connectivity index (χ0v) is 12.3. The van der Waals surface area contributed by atoms with Gasteiger partial charge in [0.2, 0.25) is 0 Å². The van der Waals surface area contributed by atoms with E-state index in [1.54, 1.807) is 17.8 Å². The van der Waals surface area contributed by atoms with Gasteiger partial charge in [-0.15, -0.1) is 0 Å². The second kappa shape index (κ2) is 7.64. The normalized spacial score (nSPS) is 12.5. The van der Waals surface area contributed by atoms with Crippen LogP contribution in [0.4, 0.5) is 10.1 Å². The van der Waals surface area contributed by atoms with E-state index in [9.17, 15) is 4.39 Å². The maximum Gasteiger partial charge on any atom is 0.146 e. The van der Waals surface area contributed by atoms with E-state index in [-0.39, 0.29) is 5.82 Å². The first-order valence-corrected chi connectivity index (χ1v) is 7.74. The van der Waals surface area contributed by atoms with Crippen LogP contribution in [0.5, 0.6) is 0 Å². The number of benzene rings is 1. The third kappa shape index (κ3) is 3.62. The Morgan fingerprint density at radius 2 is 2.17 bits per heavy atom. The van der Waals surface area contributed by atoms with E-state index in [4.69, 9.17) is 5.73 Å². The number of nitrogens with two attached hydrogens (primary N) is 1. The minimum Gasteiger partial charge on any atom is -0.368 e. The van der Waals surface area contributed by atoms with Gasteiger partial charge in [-0.25, -0.2) is 4.39 Å². The van der Waals surface area contributed by atoms with Crippen LogP contribution >= 0.6 is 11.8 Å². The van der Waals surface area contributed by atoms with E-state index in [2.05, 4.69) is 18.1 Å². The number of thioether (sulfide) groups is 1. The molecule has 1 aromatic rings. The summed E-state index contributed by atoms with van der Waals surface area (Å²) in [5, 5.41) is 0. The molecule has 0 heterocycles. The molecule has 18 heavy (non-hydrogen) atoms. The lowest BCUT2D eigenvalue weighted by atomic mass is 10.1. The number of rotatable bonds is 7. The molecule has 0 aliphatic heterocycles. The van der Waals surface area contributed by atoms with Crippen LogP contribution in [0.1, 0.15) is 18.9 Å². The summed E-state index contributed by atoms with van der Waals surface area (Å²) in [5.74, 6) is 0.853. The van der Waals surface area contributed by atoms with Crippen molar-refractivity contribution >= 4 is 17.4 Å². The van der Waals surface area contributed by atoms with Crippen molar-refractivity contribution in [2.45, 2.75) is 25.8 Å². The third-order valence-corrected chi connectivity index (χ3v) is 3.93. The highest BCUT2D eigenvalue weighted by molar-refractivity contribution is 7.98. The number of para-hydroxylation sites is 1. The SMILES string of the molecule is CCC(CSC)N(C)c1c(F)cccc1CCN. The van der Waals surface area contributed by atoms with Crippen molar-refractivity contribution in [3.8, 4) is 0 Å². The Morgan fingerprint density at radius 1 is 1.44 bits per heavy atom. The van der Waals surface area contributed by atoms with Crippen molar-refractivity contribution in [2.24, 2.45) is 5.73 Å². The fourth-order valence-electron chi connectivity index (χ4n) is 2.19. The van der Waals surface area contributed by atoms with E-state index in [0.29, 0.717) is 24.7 Å². The molecule has 0 aromatic heterocycles. The van der Waals surface area contributed by atoms with Crippen molar-refractivity contribution in [1.29, 1.82) is 0 Å². The van der Waals surface area contributed by atoms with Gasteiger partial charge in [-0.3, -0.25) is 0 Å². The highest BCUT2D eigenvalue weighted by Crippen LogP contribution is 2.27. The number of hydrogen-bond acceptors (Lipinski definition) is 3. The molecule has 2 N–H and O–H groups in total. The highest BCUT2D eigenvalue weighted by atomic mass is 32.2. The summed E-state index contributed by atoms with van der Waals surface area (Å²) in [6.45, 7) is 2.68. The van der Waals surface area contributed by atoms with Gasteiger partial charge in [0.1, 0.15) is 5.82 Å². The molecule has 0 aliphatic rings. The third-order valence-electron chi connectivity index (χ3n) is 3.21. The average Bonchev–Trinajstić information content (AvgIpc) is 2.36. The molecule has 0 amide bonds. The van der Waals surface area contributed by atoms with Crippen LogP contribution in [0.2, 0.25) is 0 Å². The lowest BCUT2D eigenvalue weighted by Crippen LogP contribution is -2.34. The lowest BCUT2D eigenvalue weighted by Gasteiger charge is -2.31. The zero-order valence-electron chi connectivity index (χ0n) is 11.4. The lowest BCUT2D eigenvalue weighted by molar-refractivity contribution is 0.598. The largest absolute Gasteiger partial charge is 0.368 e. The van der Waals surface area contributed by atoms with Crippen LogP contribution < -0.4 is 10.6 Å². The second-order valence-corrected chi connectivity index (χ2v) is 5.33. The fourth-order valence-corrected chi connectivity index (χ4v) is 3.03. The molecule has 1 aromatic carbocycles. The molecule has 0 saturated heterocycles. The molecule has 4 heteroatoms. The van der Waals surface area contributed by atoms with Crippen LogP contribution in [0.3, 0.4) is 0 Å². The molecule has 0 fully saturated rings. The molecule has 0 radical (unpaired) electrons. The first kappa shape index (κ1) is 15.3. The van der Waals surface area contributed by atoms with Crippen LogP contribution in [-0.2, 0) is 6.42 Å². The molecule has 0 spiro atoms. The minimum atomic E-state index is -0.150. The van der Waals surface area contributed by atoms with Gasteiger partial charge in [0.05, 0.1) is 5.69 Å². The first-order valence-electron chi connectivity index (χ1n) is 6.34. The van der Waals surface area contributed by atoms with Gasteiger partial charge in [-0.05, 0) is 37.3 Å². The first-order chi connectivity index (χ1) is 8.65. The quantitative estimate of drug-likeness (QED) is 0.826. The Morgan fingerprint density at radius 3 is 2.72 bits per heavy atom. The van der Waals surface area contributed by atoms with Crippen LogP contribution in [-0.4, -0.2) is 31.6 Å². The summed E-state index contributed by atoms with van der Waals surface area (Å²) in [6.07, 6.45) is 3.81. The van der Waals surface area contributed by atoms with Gasteiger partial charge in [0.25, 0.3) is 0 Å². The van der Waals surface area contributed by atoms with Crippen molar-refractivity contribution in [3.63, 3.8) is 0 Å². The predicted molar refractivity (Wildman–Crippen MR) is 80.0 cm³/mol. The molecule has 2 nitrogen and oxygen atoms in total. The topological polar surface area (TPSA) is 29.3 Å². The van der Waals surface area contributed by atoms with Gasteiger partial charge >= 0.3 is 0 Å². The molecule has 0 aliphatic carbocycles. The minimum absolute atomic E-state index is 0.150. The number of halogens is 1. The Bertz CT molecular complexity index is 371. The van der Waals surface area contributed by atoms with Crippen molar-refractivity contribution in [1.82, 2.24) is 0 Å².